The summed E-state index contributed by atoms with van der Waals surface area (Å²) in [5.74, 6) is 0.682. The van der Waals surface area contributed by atoms with Crippen LogP contribution in [0.1, 0.15) is 44.4 Å². The number of rotatable bonds is 8. The van der Waals surface area contributed by atoms with Crippen LogP contribution in [0.25, 0.3) is 5.82 Å². The Kier molecular flexibility index (Phi) is 6.62. The first kappa shape index (κ1) is 23.5. The highest BCUT2D eigenvalue weighted by Crippen LogP contribution is 2.26. The second kappa shape index (κ2) is 10.2. The van der Waals surface area contributed by atoms with Gasteiger partial charge in [-0.2, -0.15) is 5.10 Å². The van der Waals surface area contributed by atoms with Crippen molar-refractivity contribution in [2.45, 2.75) is 32.7 Å². The molecule has 4 aromatic rings. The van der Waals surface area contributed by atoms with Gasteiger partial charge in [-0.1, -0.05) is 54.6 Å². The lowest BCUT2D eigenvalue weighted by Crippen LogP contribution is -2.36. The number of carbonyl (C=O) groups is 2. The standard InChI is InChI=1S/C29H29N5O2/c1-20-26(21(2)34(32-20)27-14-8-9-15-30-27)16-28(35)31-17-24(22-10-4-3-5-11-22)19-33-18-23-12-6-7-13-25(23)29(33)36/h3-15,24H,16-19H2,1-2H3,(H,31,35)/t24-/m0/s1. The van der Waals surface area contributed by atoms with Crippen LogP contribution in [0, 0.1) is 13.8 Å². The Morgan fingerprint density at radius 2 is 1.75 bits per heavy atom. The van der Waals surface area contributed by atoms with Crippen LogP contribution in [-0.2, 0) is 17.8 Å². The van der Waals surface area contributed by atoms with E-state index in [2.05, 4.69) is 27.5 Å². The largest absolute Gasteiger partial charge is 0.355 e. The van der Waals surface area contributed by atoms with Crippen LogP contribution >= 0.6 is 0 Å². The van der Waals surface area contributed by atoms with Crippen molar-refractivity contribution >= 4 is 11.8 Å². The zero-order valence-corrected chi connectivity index (χ0v) is 20.5. The van der Waals surface area contributed by atoms with Gasteiger partial charge in [0.1, 0.15) is 0 Å². The molecule has 0 spiro atoms. The molecule has 2 aromatic carbocycles. The van der Waals surface area contributed by atoms with Crippen molar-refractivity contribution in [2.75, 3.05) is 13.1 Å². The highest BCUT2D eigenvalue weighted by Gasteiger charge is 2.29. The first-order chi connectivity index (χ1) is 17.5. The highest BCUT2D eigenvalue weighted by molar-refractivity contribution is 5.98. The predicted octanol–water partition coefficient (Wildman–Crippen LogP) is 3.98. The molecular weight excluding hydrogens is 450 g/mol. The molecule has 0 saturated carbocycles. The number of aromatic nitrogens is 3. The Morgan fingerprint density at radius 1 is 1.00 bits per heavy atom. The summed E-state index contributed by atoms with van der Waals surface area (Å²) in [6, 6.07) is 23.5. The molecule has 0 bridgehead atoms. The monoisotopic (exact) mass is 479 g/mol. The summed E-state index contributed by atoms with van der Waals surface area (Å²) in [7, 11) is 0. The zero-order chi connectivity index (χ0) is 25.1. The maximum atomic E-state index is 13.0. The molecule has 0 aliphatic carbocycles. The van der Waals surface area contributed by atoms with Crippen molar-refractivity contribution in [3.63, 3.8) is 0 Å². The van der Waals surface area contributed by atoms with Crippen LogP contribution in [-0.4, -0.2) is 44.6 Å². The van der Waals surface area contributed by atoms with E-state index in [0.29, 0.717) is 19.6 Å². The summed E-state index contributed by atoms with van der Waals surface area (Å²) >= 11 is 0. The van der Waals surface area contributed by atoms with E-state index in [0.717, 1.165) is 39.5 Å². The van der Waals surface area contributed by atoms with E-state index >= 15 is 0 Å². The van der Waals surface area contributed by atoms with Crippen molar-refractivity contribution < 1.29 is 9.59 Å². The van der Waals surface area contributed by atoms with Crippen molar-refractivity contribution in [1.82, 2.24) is 25.0 Å². The van der Waals surface area contributed by atoms with E-state index in [1.54, 1.807) is 10.9 Å². The SMILES string of the molecule is Cc1nn(-c2ccccn2)c(C)c1CC(=O)NC[C@@H](CN1Cc2ccccc2C1=O)c1ccccc1. The van der Waals surface area contributed by atoms with Gasteiger partial charge in [0.25, 0.3) is 5.91 Å². The Bertz CT molecular complexity index is 1380. The molecule has 0 unspecified atom stereocenters. The minimum atomic E-state index is -0.0706. The Balaban J connectivity index is 1.28. The van der Waals surface area contributed by atoms with Crippen LogP contribution in [0.5, 0.6) is 0 Å². The van der Waals surface area contributed by atoms with Crippen LogP contribution in [0.2, 0.25) is 0 Å². The number of nitrogens with one attached hydrogen (secondary N) is 1. The molecule has 2 amide bonds. The summed E-state index contributed by atoms with van der Waals surface area (Å²) in [6.45, 7) is 5.44. The average molecular weight is 480 g/mol. The third kappa shape index (κ3) is 4.77. The summed E-state index contributed by atoms with van der Waals surface area (Å²) in [5.41, 5.74) is 5.53. The molecule has 0 fully saturated rings. The average Bonchev–Trinajstić information content (AvgIpc) is 3.38. The smallest absolute Gasteiger partial charge is 0.254 e. The summed E-state index contributed by atoms with van der Waals surface area (Å²) < 4.78 is 1.78. The van der Waals surface area contributed by atoms with E-state index in [1.807, 2.05) is 79.4 Å². The quantitative estimate of drug-likeness (QED) is 0.415. The molecule has 182 valence electrons. The molecule has 7 nitrogen and oxygen atoms in total. The van der Waals surface area contributed by atoms with Crippen molar-refractivity contribution in [2.24, 2.45) is 0 Å². The molecule has 1 N–H and O–H groups in total. The third-order valence-corrected chi connectivity index (χ3v) is 6.80. The normalized spacial score (nSPS) is 13.5. The van der Waals surface area contributed by atoms with Gasteiger partial charge < -0.3 is 10.2 Å². The maximum absolute atomic E-state index is 13.0. The number of hydrogen-bond donors (Lipinski definition) is 1. The number of carbonyl (C=O) groups excluding carboxylic acids is 2. The van der Waals surface area contributed by atoms with E-state index in [9.17, 15) is 9.59 Å². The fourth-order valence-electron chi connectivity index (χ4n) is 4.83. The van der Waals surface area contributed by atoms with Gasteiger partial charge in [0.2, 0.25) is 5.91 Å². The van der Waals surface area contributed by atoms with E-state index in [1.165, 1.54) is 0 Å². The van der Waals surface area contributed by atoms with Gasteiger partial charge in [-0.05, 0) is 43.2 Å². The number of fused-ring (bicyclic) bond motifs is 1. The minimum Gasteiger partial charge on any atom is -0.355 e. The lowest BCUT2D eigenvalue weighted by atomic mass is 9.98. The van der Waals surface area contributed by atoms with Crippen LogP contribution < -0.4 is 5.32 Å². The van der Waals surface area contributed by atoms with E-state index in [4.69, 9.17) is 0 Å². The molecule has 2 aromatic heterocycles. The Hall–Kier alpha value is -4.26. The molecular formula is C29H29N5O2. The van der Waals surface area contributed by atoms with Crippen LogP contribution in [0.4, 0.5) is 0 Å². The molecule has 1 aliphatic heterocycles. The topological polar surface area (TPSA) is 80.1 Å². The fourth-order valence-corrected chi connectivity index (χ4v) is 4.83. The molecule has 5 rings (SSSR count). The summed E-state index contributed by atoms with van der Waals surface area (Å²) in [4.78, 5) is 32.2. The second-order valence-electron chi connectivity index (χ2n) is 9.18. The van der Waals surface area contributed by atoms with E-state index in [-0.39, 0.29) is 24.2 Å². The third-order valence-electron chi connectivity index (χ3n) is 6.80. The molecule has 0 radical (unpaired) electrons. The summed E-state index contributed by atoms with van der Waals surface area (Å²) in [6.07, 6.45) is 1.96. The fraction of sp³-hybridized carbons (Fsp3) is 0.241. The van der Waals surface area contributed by atoms with Crippen molar-refractivity contribution in [1.29, 1.82) is 0 Å². The molecule has 36 heavy (non-hydrogen) atoms. The molecule has 1 aliphatic rings. The zero-order valence-electron chi connectivity index (χ0n) is 20.5. The number of aryl methyl sites for hydroxylation is 1. The second-order valence-corrected chi connectivity index (χ2v) is 9.18. The van der Waals surface area contributed by atoms with Crippen LogP contribution in [0.15, 0.2) is 79.0 Å². The minimum absolute atomic E-state index is 0.0214. The van der Waals surface area contributed by atoms with Gasteiger partial charge in [0, 0.05) is 48.6 Å². The lowest BCUT2D eigenvalue weighted by molar-refractivity contribution is -0.120. The number of benzene rings is 2. The predicted molar refractivity (Wildman–Crippen MR) is 138 cm³/mol. The molecule has 3 heterocycles. The van der Waals surface area contributed by atoms with Crippen molar-refractivity contribution in [3.8, 4) is 5.82 Å². The highest BCUT2D eigenvalue weighted by atomic mass is 16.2. The first-order valence-corrected chi connectivity index (χ1v) is 12.2. The Labute approximate surface area is 210 Å². The first-order valence-electron chi connectivity index (χ1n) is 12.2. The molecule has 1 atom stereocenters. The number of hydrogen-bond acceptors (Lipinski definition) is 4. The van der Waals surface area contributed by atoms with Crippen molar-refractivity contribution in [3.05, 3.63) is 113 Å². The van der Waals surface area contributed by atoms with Gasteiger partial charge in [-0.15, -0.1) is 0 Å². The molecule has 7 heteroatoms. The number of nitrogens with zero attached hydrogens (tertiary/aromatic N) is 4. The number of amides is 2. The Morgan fingerprint density at radius 3 is 2.50 bits per heavy atom. The van der Waals surface area contributed by atoms with Gasteiger partial charge in [0.15, 0.2) is 5.82 Å². The van der Waals surface area contributed by atoms with Gasteiger partial charge >= 0.3 is 0 Å². The van der Waals surface area contributed by atoms with Gasteiger partial charge in [-0.25, -0.2) is 9.67 Å². The summed E-state index contributed by atoms with van der Waals surface area (Å²) in [5, 5.41) is 7.72. The maximum Gasteiger partial charge on any atom is 0.254 e. The van der Waals surface area contributed by atoms with Gasteiger partial charge in [-0.3, -0.25) is 9.59 Å². The van der Waals surface area contributed by atoms with E-state index < -0.39 is 0 Å². The van der Waals surface area contributed by atoms with Crippen LogP contribution in [0.3, 0.4) is 0 Å². The van der Waals surface area contributed by atoms with Gasteiger partial charge in [0.05, 0.1) is 12.1 Å². The molecule has 0 saturated heterocycles. The number of pyridine rings is 1. The lowest BCUT2D eigenvalue weighted by Gasteiger charge is -2.24.